The molecule has 0 bridgehead atoms. The summed E-state index contributed by atoms with van der Waals surface area (Å²) in [7, 11) is 0. The first kappa shape index (κ1) is 10.7. The number of esters is 1. The van der Waals surface area contributed by atoms with Gasteiger partial charge >= 0.3 is 11.9 Å². The predicted molar refractivity (Wildman–Crippen MR) is 42.7 cm³/mol. The molecular formula is C7H7ClO4. The molecule has 0 saturated heterocycles. The molecule has 0 aromatic rings. The number of carbonyl (C=O) groups is 2. The van der Waals surface area contributed by atoms with E-state index >= 15 is 0 Å². The monoisotopic (exact) mass is 190 g/mol. The van der Waals surface area contributed by atoms with Gasteiger partial charge in [-0.1, -0.05) is 24.3 Å². The van der Waals surface area contributed by atoms with Gasteiger partial charge in [0.05, 0.1) is 0 Å². The minimum Gasteiger partial charge on any atom is -0.478 e. The van der Waals surface area contributed by atoms with E-state index in [1.165, 1.54) is 6.08 Å². The van der Waals surface area contributed by atoms with Gasteiger partial charge in [0.1, 0.15) is 11.6 Å². The van der Waals surface area contributed by atoms with Gasteiger partial charge in [0.25, 0.3) is 0 Å². The number of carboxylic acids is 1. The molecule has 0 atom stereocenters. The number of halogens is 1. The quantitative estimate of drug-likeness (QED) is 0.407. The zero-order chi connectivity index (χ0) is 9.56. The van der Waals surface area contributed by atoms with Crippen LogP contribution in [0.4, 0.5) is 0 Å². The molecule has 0 saturated carbocycles. The molecule has 0 radical (unpaired) electrons. The lowest BCUT2D eigenvalue weighted by atomic mass is 10.5. The first-order valence-corrected chi connectivity index (χ1v) is 3.34. The van der Waals surface area contributed by atoms with E-state index in [4.69, 9.17) is 16.7 Å². The number of rotatable bonds is 4. The van der Waals surface area contributed by atoms with E-state index in [-0.39, 0.29) is 6.61 Å². The second kappa shape index (κ2) is 5.37. The van der Waals surface area contributed by atoms with E-state index in [0.29, 0.717) is 6.08 Å². The molecule has 0 aliphatic heterocycles. The van der Waals surface area contributed by atoms with Gasteiger partial charge in [0, 0.05) is 6.08 Å². The zero-order valence-electron chi connectivity index (χ0n) is 6.12. The zero-order valence-corrected chi connectivity index (χ0v) is 6.87. The third-order valence-corrected chi connectivity index (χ3v) is 1.04. The SMILES string of the molecule is C=CCOC(=O)C(Cl)=CC(=O)O. The summed E-state index contributed by atoms with van der Waals surface area (Å²) in [4.78, 5) is 20.7. The summed E-state index contributed by atoms with van der Waals surface area (Å²) in [6, 6.07) is 0. The molecule has 12 heavy (non-hydrogen) atoms. The van der Waals surface area contributed by atoms with Crippen molar-refractivity contribution in [1.29, 1.82) is 0 Å². The van der Waals surface area contributed by atoms with Crippen molar-refractivity contribution in [3.8, 4) is 0 Å². The van der Waals surface area contributed by atoms with Crippen molar-refractivity contribution in [2.24, 2.45) is 0 Å². The van der Waals surface area contributed by atoms with Crippen LogP contribution in [0.3, 0.4) is 0 Å². The molecule has 1 N–H and O–H groups in total. The van der Waals surface area contributed by atoms with Crippen LogP contribution < -0.4 is 0 Å². The van der Waals surface area contributed by atoms with Crippen LogP contribution in [-0.2, 0) is 14.3 Å². The molecule has 0 heterocycles. The van der Waals surface area contributed by atoms with Crippen LogP contribution in [-0.4, -0.2) is 23.7 Å². The Morgan fingerprint density at radius 2 is 2.17 bits per heavy atom. The second-order valence-corrected chi connectivity index (χ2v) is 2.12. The average Bonchev–Trinajstić information content (AvgIpc) is 1.98. The highest BCUT2D eigenvalue weighted by atomic mass is 35.5. The van der Waals surface area contributed by atoms with Crippen molar-refractivity contribution in [2.45, 2.75) is 0 Å². The number of hydrogen-bond acceptors (Lipinski definition) is 3. The Morgan fingerprint density at radius 1 is 1.58 bits per heavy atom. The Morgan fingerprint density at radius 3 is 2.58 bits per heavy atom. The standard InChI is InChI=1S/C7H7ClO4/c1-2-3-12-7(11)5(8)4-6(9)10/h2,4H,1,3H2,(H,9,10). The minimum atomic E-state index is -1.30. The van der Waals surface area contributed by atoms with Crippen LogP contribution in [0.5, 0.6) is 0 Å². The Balaban J connectivity index is 4.09. The maximum atomic E-state index is 10.7. The van der Waals surface area contributed by atoms with Crippen molar-refractivity contribution in [3.05, 3.63) is 23.8 Å². The van der Waals surface area contributed by atoms with Crippen molar-refractivity contribution >= 4 is 23.5 Å². The molecule has 5 heteroatoms. The van der Waals surface area contributed by atoms with Gasteiger partial charge in [0.15, 0.2) is 0 Å². The minimum absolute atomic E-state index is 0.00249. The molecule has 0 aliphatic carbocycles. The Kier molecular flexibility index (Phi) is 4.79. The topological polar surface area (TPSA) is 63.6 Å². The van der Waals surface area contributed by atoms with Crippen LogP contribution >= 0.6 is 11.6 Å². The van der Waals surface area contributed by atoms with Gasteiger partial charge < -0.3 is 9.84 Å². The Labute approximate surface area is 74.1 Å². The lowest BCUT2D eigenvalue weighted by Crippen LogP contribution is -2.05. The maximum absolute atomic E-state index is 10.7. The molecule has 4 nitrogen and oxygen atoms in total. The summed E-state index contributed by atoms with van der Waals surface area (Å²) in [6.45, 7) is 3.30. The smallest absolute Gasteiger partial charge is 0.350 e. The van der Waals surface area contributed by atoms with Crippen molar-refractivity contribution in [2.75, 3.05) is 6.61 Å². The first-order valence-electron chi connectivity index (χ1n) is 2.96. The van der Waals surface area contributed by atoms with Crippen molar-refractivity contribution in [1.82, 2.24) is 0 Å². The highest BCUT2D eigenvalue weighted by molar-refractivity contribution is 6.42. The number of ether oxygens (including phenoxy) is 1. The molecule has 0 aromatic heterocycles. The lowest BCUT2D eigenvalue weighted by molar-refractivity contribution is -0.138. The summed E-state index contributed by atoms with van der Waals surface area (Å²) in [5.74, 6) is -2.17. The van der Waals surface area contributed by atoms with Crippen LogP contribution in [0.1, 0.15) is 0 Å². The van der Waals surface area contributed by atoms with Gasteiger partial charge in [-0.05, 0) is 0 Å². The highest BCUT2D eigenvalue weighted by Gasteiger charge is 2.08. The number of hydrogen-bond donors (Lipinski definition) is 1. The molecule has 0 unspecified atom stereocenters. The Bertz CT molecular complexity index is 232. The van der Waals surface area contributed by atoms with Gasteiger partial charge in [-0.2, -0.15) is 0 Å². The van der Waals surface area contributed by atoms with E-state index in [0.717, 1.165) is 0 Å². The highest BCUT2D eigenvalue weighted by Crippen LogP contribution is 2.03. The molecule has 0 fully saturated rings. The Hall–Kier alpha value is -1.29. The largest absolute Gasteiger partial charge is 0.478 e. The summed E-state index contributed by atoms with van der Waals surface area (Å²) < 4.78 is 4.43. The van der Waals surface area contributed by atoms with Crippen LogP contribution in [0, 0.1) is 0 Å². The first-order chi connectivity index (χ1) is 5.57. The third kappa shape index (κ3) is 4.51. The fourth-order valence-corrected chi connectivity index (χ4v) is 0.519. The van der Waals surface area contributed by atoms with Crippen LogP contribution in [0.15, 0.2) is 23.8 Å². The summed E-state index contributed by atoms with van der Waals surface area (Å²) >= 11 is 5.23. The molecule has 66 valence electrons. The fraction of sp³-hybridized carbons (Fsp3) is 0.143. The number of carboxylic acid groups (broad SMARTS) is 1. The number of carbonyl (C=O) groups excluding carboxylic acids is 1. The van der Waals surface area contributed by atoms with Crippen LogP contribution in [0.25, 0.3) is 0 Å². The molecule has 0 spiro atoms. The van der Waals surface area contributed by atoms with Gasteiger partial charge in [-0.3, -0.25) is 0 Å². The second-order valence-electron chi connectivity index (χ2n) is 1.72. The van der Waals surface area contributed by atoms with E-state index in [9.17, 15) is 9.59 Å². The molecule has 0 aromatic carbocycles. The van der Waals surface area contributed by atoms with E-state index in [1.54, 1.807) is 0 Å². The fourth-order valence-electron chi connectivity index (χ4n) is 0.371. The summed E-state index contributed by atoms with van der Waals surface area (Å²) in [5, 5.41) is 7.70. The summed E-state index contributed by atoms with van der Waals surface area (Å²) in [5.41, 5.74) is 0. The van der Waals surface area contributed by atoms with Gasteiger partial charge in [0.2, 0.25) is 0 Å². The van der Waals surface area contributed by atoms with Gasteiger partial charge in [-0.25, -0.2) is 9.59 Å². The lowest BCUT2D eigenvalue weighted by Gasteiger charge is -1.97. The van der Waals surface area contributed by atoms with E-state index in [2.05, 4.69) is 11.3 Å². The van der Waals surface area contributed by atoms with E-state index in [1.807, 2.05) is 0 Å². The third-order valence-electron chi connectivity index (χ3n) is 0.777. The van der Waals surface area contributed by atoms with Crippen molar-refractivity contribution in [3.63, 3.8) is 0 Å². The maximum Gasteiger partial charge on any atom is 0.350 e. The summed E-state index contributed by atoms with van der Waals surface area (Å²) in [6.07, 6.45) is 1.91. The average molecular weight is 191 g/mol. The van der Waals surface area contributed by atoms with Gasteiger partial charge in [-0.15, -0.1) is 0 Å². The van der Waals surface area contributed by atoms with Crippen molar-refractivity contribution < 1.29 is 19.4 Å². The molecule has 0 rings (SSSR count). The molecular weight excluding hydrogens is 184 g/mol. The number of aliphatic carboxylic acids is 1. The normalized spacial score (nSPS) is 10.6. The molecule has 0 aliphatic rings. The predicted octanol–water partition coefficient (Wildman–Crippen LogP) is 0.923. The van der Waals surface area contributed by atoms with Crippen LogP contribution in [0.2, 0.25) is 0 Å². The molecule has 0 amide bonds. The van der Waals surface area contributed by atoms with E-state index < -0.39 is 17.0 Å².